The van der Waals surface area contributed by atoms with Crippen molar-refractivity contribution in [3.63, 3.8) is 0 Å². The van der Waals surface area contributed by atoms with Crippen molar-refractivity contribution in [2.24, 2.45) is 0 Å². The van der Waals surface area contributed by atoms with Crippen LogP contribution in [-0.2, 0) is 9.53 Å². The van der Waals surface area contributed by atoms with Gasteiger partial charge in [-0.1, -0.05) is 0 Å². The van der Waals surface area contributed by atoms with Gasteiger partial charge in [-0.25, -0.2) is 9.89 Å². The van der Waals surface area contributed by atoms with E-state index in [2.05, 4.69) is 10.2 Å². The van der Waals surface area contributed by atoms with E-state index in [0.717, 1.165) is 0 Å². The summed E-state index contributed by atoms with van der Waals surface area (Å²) in [5.41, 5.74) is 0.254. The van der Waals surface area contributed by atoms with Crippen LogP contribution in [0.3, 0.4) is 0 Å². The number of ether oxygens (including phenoxy) is 2. The van der Waals surface area contributed by atoms with Crippen molar-refractivity contribution in [3.8, 4) is 5.88 Å². The summed E-state index contributed by atoms with van der Waals surface area (Å²) in [5.74, 6) is -0.386. The van der Waals surface area contributed by atoms with Crippen LogP contribution in [0.5, 0.6) is 5.88 Å². The highest BCUT2D eigenvalue weighted by atomic mass is 35.5. The third-order valence-electron chi connectivity index (χ3n) is 2.70. The van der Waals surface area contributed by atoms with Crippen LogP contribution in [-0.4, -0.2) is 58.7 Å². The fourth-order valence-electron chi connectivity index (χ4n) is 1.69. The Morgan fingerprint density at radius 2 is 2.32 bits per heavy atom. The fraction of sp³-hybridized carbons (Fsp3) is 0.545. The first-order valence-electron chi connectivity index (χ1n) is 5.86. The molecule has 0 aromatic carbocycles. The summed E-state index contributed by atoms with van der Waals surface area (Å²) in [5, 5.41) is 6.35. The van der Waals surface area contributed by atoms with Gasteiger partial charge in [0.2, 0.25) is 11.8 Å². The Hall–Kier alpha value is -1.76. The molecule has 1 aromatic heterocycles. The molecule has 19 heavy (non-hydrogen) atoms. The van der Waals surface area contributed by atoms with Crippen LogP contribution in [0.25, 0.3) is 0 Å². The molecule has 0 bridgehead atoms. The predicted molar refractivity (Wildman–Crippen MR) is 66.3 cm³/mol. The van der Waals surface area contributed by atoms with Crippen LogP contribution >= 0.6 is 11.6 Å². The maximum absolute atomic E-state index is 11.6. The first-order chi connectivity index (χ1) is 9.15. The molecule has 1 N–H and O–H groups in total. The van der Waals surface area contributed by atoms with Crippen molar-refractivity contribution in [2.45, 2.75) is 13.0 Å². The van der Waals surface area contributed by atoms with Gasteiger partial charge in [0.05, 0.1) is 25.9 Å². The number of hydrogen-bond donors (Lipinski definition) is 1. The number of carbonyl (C=O) groups is 2. The number of halogens is 1. The second-order valence-electron chi connectivity index (χ2n) is 4.01. The second kappa shape index (κ2) is 5.92. The summed E-state index contributed by atoms with van der Waals surface area (Å²) in [6.07, 6.45) is 1.19. The van der Waals surface area contributed by atoms with Gasteiger partial charge in [0, 0.05) is 0 Å². The molecule has 104 valence electrons. The molecular formula is C11H14ClN3O4. The van der Waals surface area contributed by atoms with Crippen molar-refractivity contribution in [3.05, 3.63) is 11.8 Å². The van der Waals surface area contributed by atoms with E-state index in [-0.39, 0.29) is 35.9 Å². The summed E-state index contributed by atoms with van der Waals surface area (Å²) in [6.45, 7) is 2.91. The number of nitrogens with one attached hydrogen (secondary N) is 1. The van der Waals surface area contributed by atoms with Gasteiger partial charge in [-0.15, -0.1) is 11.6 Å². The average molecular weight is 288 g/mol. The number of H-pyrrole nitrogens is 1. The smallest absolute Gasteiger partial charge is 0.345 e. The highest BCUT2D eigenvalue weighted by Crippen LogP contribution is 2.20. The summed E-state index contributed by atoms with van der Waals surface area (Å²) in [6, 6.07) is 0. The number of likely N-dealkylation sites (tertiary alicyclic amines) is 1. The Morgan fingerprint density at radius 3 is 2.95 bits per heavy atom. The molecule has 2 heterocycles. The minimum Gasteiger partial charge on any atom is -0.470 e. The molecule has 0 saturated carbocycles. The van der Waals surface area contributed by atoms with Crippen LogP contribution in [0.4, 0.5) is 0 Å². The zero-order chi connectivity index (χ0) is 13.8. The van der Waals surface area contributed by atoms with Gasteiger partial charge in [-0.3, -0.25) is 4.79 Å². The highest BCUT2D eigenvalue weighted by molar-refractivity contribution is 6.27. The van der Waals surface area contributed by atoms with Crippen LogP contribution < -0.4 is 4.74 Å². The van der Waals surface area contributed by atoms with E-state index < -0.39 is 5.97 Å². The topological polar surface area (TPSA) is 84.5 Å². The van der Waals surface area contributed by atoms with Gasteiger partial charge >= 0.3 is 5.97 Å². The Bertz CT molecular complexity index is 470. The lowest BCUT2D eigenvalue weighted by atomic mass is 10.1. The van der Waals surface area contributed by atoms with E-state index in [1.165, 1.54) is 6.20 Å². The minimum atomic E-state index is -0.487. The molecule has 1 aromatic rings. The van der Waals surface area contributed by atoms with E-state index in [9.17, 15) is 9.59 Å². The van der Waals surface area contributed by atoms with Crippen molar-refractivity contribution >= 4 is 23.5 Å². The van der Waals surface area contributed by atoms with Gasteiger partial charge < -0.3 is 14.4 Å². The summed E-state index contributed by atoms with van der Waals surface area (Å²) in [7, 11) is 0. The number of carbonyl (C=O) groups excluding carboxylic acids is 2. The van der Waals surface area contributed by atoms with E-state index in [0.29, 0.717) is 13.1 Å². The predicted octanol–water partition coefficient (Wildman–Crippen LogP) is 0.415. The molecule has 8 heteroatoms. The van der Waals surface area contributed by atoms with Crippen LogP contribution in [0.2, 0.25) is 0 Å². The summed E-state index contributed by atoms with van der Waals surface area (Å²) in [4.78, 5) is 24.4. The number of amides is 1. The lowest BCUT2D eigenvalue weighted by molar-refractivity contribution is -0.137. The molecule has 0 aliphatic carbocycles. The Balaban J connectivity index is 1.90. The average Bonchev–Trinajstić information content (AvgIpc) is 2.80. The Kier molecular flexibility index (Phi) is 4.26. The third-order valence-corrected chi connectivity index (χ3v) is 2.93. The lowest BCUT2D eigenvalue weighted by Crippen LogP contribution is -2.56. The second-order valence-corrected chi connectivity index (χ2v) is 4.27. The van der Waals surface area contributed by atoms with Gasteiger partial charge in [-0.05, 0) is 6.92 Å². The summed E-state index contributed by atoms with van der Waals surface area (Å²) < 4.78 is 10.4. The number of alkyl halides is 1. The van der Waals surface area contributed by atoms with Crippen LogP contribution in [0.15, 0.2) is 6.20 Å². The van der Waals surface area contributed by atoms with E-state index in [1.54, 1.807) is 11.8 Å². The lowest BCUT2D eigenvalue weighted by Gasteiger charge is -2.38. The number of aromatic amines is 1. The van der Waals surface area contributed by atoms with Crippen molar-refractivity contribution in [1.29, 1.82) is 0 Å². The third kappa shape index (κ3) is 2.98. The molecule has 1 fully saturated rings. The molecule has 0 unspecified atom stereocenters. The molecule has 2 rings (SSSR count). The number of aromatic nitrogens is 2. The normalized spacial score (nSPS) is 14.9. The largest absolute Gasteiger partial charge is 0.470 e. The van der Waals surface area contributed by atoms with E-state index in [4.69, 9.17) is 21.1 Å². The van der Waals surface area contributed by atoms with Crippen LogP contribution in [0, 0.1) is 0 Å². The van der Waals surface area contributed by atoms with E-state index >= 15 is 0 Å². The Morgan fingerprint density at radius 1 is 1.58 bits per heavy atom. The van der Waals surface area contributed by atoms with Crippen molar-refractivity contribution < 1.29 is 19.1 Å². The van der Waals surface area contributed by atoms with Gasteiger partial charge in [0.15, 0.2) is 0 Å². The van der Waals surface area contributed by atoms with Crippen LogP contribution in [0.1, 0.15) is 17.3 Å². The molecular weight excluding hydrogens is 274 g/mol. The van der Waals surface area contributed by atoms with Gasteiger partial charge in [0.1, 0.15) is 17.5 Å². The Labute approximate surface area is 114 Å². The molecule has 1 aliphatic heterocycles. The standard InChI is InChI=1S/C11H14ClN3O4/c1-2-18-11(17)8-4-13-14-10(8)19-7-5-15(6-7)9(16)3-12/h4,7H,2-3,5-6H2,1H3,(H,13,14). The quantitative estimate of drug-likeness (QED) is 0.626. The van der Waals surface area contributed by atoms with Crippen molar-refractivity contribution in [2.75, 3.05) is 25.6 Å². The molecule has 1 aliphatic rings. The molecule has 0 spiro atoms. The summed E-state index contributed by atoms with van der Waals surface area (Å²) >= 11 is 5.44. The minimum absolute atomic E-state index is 0.0369. The molecule has 1 saturated heterocycles. The van der Waals surface area contributed by atoms with Gasteiger partial charge in [0.25, 0.3) is 0 Å². The fourth-order valence-corrected chi connectivity index (χ4v) is 1.85. The molecule has 0 atom stereocenters. The molecule has 0 radical (unpaired) electrons. The maximum Gasteiger partial charge on any atom is 0.345 e. The highest BCUT2D eigenvalue weighted by Gasteiger charge is 2.33. The number of hydrogen-bond acceptors (Lipinski definition) is 5. The first-order valence-corrected chi connectivity index (χ1v) is 6.40. The van der Waals surface area contributed by atoms with Crippen molar-refractivity contribution in [1.82, 2.24) is 15.1 Å². The molecule has 7 nitrogen and oxygen atoms in total. The zero-order valence-corrected chi connectivity index (χ0v) is 11.1. The van der Waals surface area contributed by atoms with E-state index in [1.807, 2.05) is 0 Å². The first kappa shape index (κ1) is 13.7. The molecule has 1 amide bonds. The number of esters is 1. The number of nitrogens with zero attached hydrogens (tertiary/aromatic N) is 2. The SMILES string of the molecule is CCOC(=O)c1cn[nH]c1OC1CN(C(=O)CCl)C1. The maximum atomic E-state index is 11.6. The van der Waals surface area contributed by atoms with Gasteiger partial charge in [-0.2, -0.15) is 5.10 Å². The monoisotopic (exact) mass is 287 g/mol. The number of rotatable bonds is 5. The zero-order valence-electron chi connectivity index (χ0n) is 10.4.